The Bertz CT molecular complexity index is 445. The highest BCUT2D eigenvalue weighted by Gasteiger charge is 2.03. The summed E-state index contributed by atoms with van der Waals surface area (Å²) in [5.41, 5.74) is 2.01. The van der Waals surface area contributed by atoms with Crippen LogP contribution in [0.15, 0.2) is 24.3 Å². The van der Waals surface area contributed by atoms with Crippen LogP contribution in [0.2, 0.25) is 0 Å². The van der Waals surface area contributed by atoms with Gasteiger partial charge in [-0.15, -0.1) is 0 Å². The third-order valence-corrected chi connectivity index (χ3v) is 3.80. The van der Waals surface area contributed by atoms with Crippen molar-refractivity contribution in [1.29, 1.82) is 0 Å². The summed E-state index contributed by atoms with van der Waals surface area (Å²) in [5.74, 6) is -0.130. The molecule has 0 aromatic heterocycles. The van der Waals surface area contributed by atoms with Gasteiger partial charge in [-0.05, 0) is 30.5 Å². The number of nitrogens with one attached hydrogen (secondary N) is 1. The molecular formula is C16H22BrNO3. The Labute approximate surface area is 134 Å². The number of carbonyl (C=O) groups is 2. The van der Waals surface area contributed by atoms with Gasteiger partial charge in [-0.3, -0.25) is 9.59 Å². The van der Waals surface area contributed by atoms with E-state index in [0.29, 0.717) is 12.8 Å². The Balaban J connectivity index is 2.12. The predicted molar refractivity (Wildman–Crippen MR) is 87.4 cm³/mol. The molecule has 1 aromatic rings. The van der Waals surface area contributed by atoms with Crippen molar-refractivity contribution < 1.29 is 14.3 Å². The number of methoxy groups -OCH3 is 1. The van der Waals surface area contributed by atoms with Crippen LogP contribution in [0.4, 0.5) is 5.69 Å². The number of rotatable bonds is 9. The zero-order valence-corrected chi connectivity index (χ0v) is 13.9. The number of esters is 1. The molecular weight excluding hydrogens is 334 g/mol. The predicted octanol–water partition coefficient (Wildman–Crippen LogP) is 4.03. The Morgan fingerprint density at radius 2 is 1.67 bits per heavy atom. The van der Waals surface area contributed by atoms with Gasteiger partial charge in [-0.1, -0.05) is 40.9 Å². The van der Waals surface area contributed by atoms with Gasteiger partial charge in [0, 0.05) is 23.9 Å². The van der Waals surface area contributed by atoms with Crippen LogP contribution >= 0.6 is 15.9 Å². The summed E-state index contributed by atoms with van der Waals surface area (Å²) in [6, 6.07) is 7.78. The summed E-state index contributed by atoms with van der Waals surface area (Å²) >= 11 is 3.38. The molecule has 1 N–H and O–H groups in total. The van der Waals surface area contributed by atoms with Gasteiger partial charge < -0.3 is 10.1 Å². The maximum atomic E-state index is 11.8. The van der Waals surface area contributed by atoms with Crippen LogP contribution in [0.25, 0.3) is 0 Å². The smallest absolute Gasteiger partial charge is 0.305 e. The van der Waals surface area contributed by atoms with Crippen LogP contribution in [-0.2, 0) is 19.7 Å². The van der Waals surface area contributed by atoms with Crippen molar-refractivity contribution in [2.24, 2.45) is 0 Å². The lowest BCUT2D eigenvalue weighted by Gasteiger charge is -2.06. The minimum Gasteiger partial charge on any atom is -0.469 e. The summed E-state index contributed by atoms with van der Waals surface area (Å²) in [6.07, 6.45) is 4.53. The topological polar surface area (TPSA) is 55.4 Å². The minimum atomic E-state index is -0.167. The lowest BCUT2D eigenvalue weighted by atomic mass is 10.1. The third kappa shape index (κ3) is 7.85. The van der Waals surface area contributed by atoms with Gasteiger partial charge in [-0.2, -0.15) is 0 Å². The van der Waals surface area contributed by atoms with Crippen molar-refractivity contribution >= 4 is 33.5 Å². The standard InChI is InChI=1S/C16H22BrNO3/c1-21-16(20)7-5-3-2-4-6-15(19)18-14-10-8-13(12-17)9-11-14/h8-11H,2-7,12H2,1H3,(H,18,19). The van der Waals surface area contributed by atoms with Gasteiger partial charge in [0.15, 0.2) is 0 Å². The Hall–Kier alpha value is -1.36. The van der Waals surface area contributed by atoms with Crippen molar-refractivity contribution in [2.45, 2.75) is 43.9 Å². The van der Waals surface area contributed by atoms with Crippen molar-refractivity contribution in [3.8, 4) is 0 Å². The number of alkyl halides is 1. The molecule has 0 saturated heterocycles. The number of carbonyl (C=O) groups excluding carboxylic acids is 2. The number of anilines is 1. The van der Waals surface area contributed by atoms with E-state index in [4.69, 9.17) is 0 Å². The number of benzene rings is 1. The molecule has 1 aromatic carbocycles. The van der Waals surface area contributed by atoms with E-state index in [0.717, 1.165) is 36.7 Å². The maximum absolute atomic E-state index is 11.8. The largest absolute Gasteiger partial charge is 0.469 e. The number of hydrogen-bond acceptors (Lipinski definition) is 3. The molecule has 0 aliphatic rings. The molecule has 0 spiro atoms. The van der Waals surface area contributed by atoms with Gasteiger partial charge in [0.25, 0.3) is 0 Å². The molecule has 1 rings (SSSR count). The highest BCUT2D eigenvalue weighted by Crippen LogP contribution is 2.13. The number of hydrogen-bond donors (Lipinski definition) is 1. The highest BCUT2D eigenvalue weighted by molar-refractivity contribution is 9.08. The van der Waals surface area contributed by atoms with E-state index in [1.807, 2.05) is 24.3 Å². The molecule has 0 heterocycles. The molecule has 0 atom stereocenters. The zero-order chi connectivity index (χ0) is 15.5. The minimum absolute atomic E-state index is 0.0366. The molecule has 21 heavy (non-hydrogen) atoms. The molecule has 5 heteroatoms. The van der Waals surface area contributed by atoms with Gasteiger partial charge in [0.1, 0.15) is 0 Å². The van der Waals surface area contributed by atoms with Crippen LogP contribution in [0.1, 0.15) is 44.1 Å². The van der Waals surface area contributed by atoms with Gasteiger partial charge in [-0.25, -0.2) is 0 Å². The summed E-state index contributed by atoms with van der Waals surface area (Å²) < 4.78 is 4.57. The van der Waals surface area contributed by atoms with Crippen LogP contribution < -0.4 is 5.32 Å². The lowest BCUT2D eigenvalue weighted by molar-refractivity contribution is -0.140. The molecule has 4 nitrogen and oxygen atoms in total. The van der Waals surface area contributed by atoms with Crippen LogP contribution in [0, 0.1) is 0 Å². The van der Waals surface area contributed by atoms with Crippen molar-refractivity contribution in [2.75, 3.05) is 12.4 Å². The van der Waals surface area contributed by atoms with Crippen LogP contribution in [0.5, 0.6) is 0 Å². The molecule has 0 aliphatic carbocycles. The van der Waals surface area contributed by atoms with E-state index < -0.39 is 0 Å². The highest BCUT2D eigenvalue weighted by atomic mass is 79.9. The van der Waals surface area contributed by atoms with Gasteiger partial charge in [0.05, 0.1) is 7.11 Å². The lowest BCUT2D eigenvalue weighted by Crippen LogP contribution is -2.11. The summed E-state index contributed by atoms with van der Waals surface area (Å²) in [5, 5.41) is 3.70. The van der Waals surface area contributed by atoms with Gasteiger partial charge >= 0.3 is 5.97 Å². The number of halogens is 1. The van der Waals surface area contributed by atoms with Crippen molar-refractivity contribution in [3.63, 3.8) is 0 Å². The first-order valence-electron chi connectivity index (χ1n) is 7.17. The van der Waals surface area contributed by atoms with Crippen molar-refractivity contribution in [3.05, 3.63) is 29.8 Å². The van der Waals surface area contributed by atoms with E-state index in [1.54, 1.807) is 0 Å². The molecule has 0 aliphatic heterocycles. The van der Waals surface area contributed by atoms with Crippen molar-refractivity contribution in [1.82, 2.24) is 0 Å². The monoisotopic (exact) mass is 355 g/mol. The van der Waals surface area contributed by atoms with Gasteiger partial charge in [0.2, 0.25) is 5.91 Å². The first-order valence-corrected chi connectivity index (χ1v) is 8.29. The number of unbranched alkanes of at least 4 members (excludes halogenated alkanes) is 3. The fraction of sp³-hybridized carbons (Fsp3) is 0.500. The molecule has 0 unspecified atom stereocenters. The molecule has 0 radical (unpaired) electrons. The number of ether oxygens (including phenoxy) is 1. The molecule has 0 fully saturated rings. The van der Waals surface area contributed by atoms with E-state index in [2.05, 4.69) is 26.0 Å². The van der Waals surface area contributed by atoms with Crippen LogP contribution in [0.3, 0.4) is 0 Å². The first kappa shape index (κ1) is 17.7. The Kier molecular flexibility index (Phi) is 8.74. The zero-order valence-electron chi connectivity index (χ0n) is 12.4. The second kappa shape index (κ2) is 10.4. The second-order valence-electron chi connectivity index (χ2n) is 4.87. The molecule has 1 amide bonds. The third-order valence-electron chi connectivity index (χ3n) is 3.15. The normalized spacial score (nSPS) is 10.2. The fourth-order valence-corrected chi connectivity index (χ4v) is 2.28. The number of amides is 1. The molecule has 0 bridgehead atoms. The summed E-state index contributed by atoms with van der Waals surface area (Å²) in [4.78, 5) is 22.7. The molecule has 0 saturated carbocycles. The van der Waals surface area contributed by atoms with E-state index >= 15 is 0 Å². The average Bonchev–Trinajstić information content (AvgIpc) is 2.51. The average molecular weight is 356 g/mol. The SMILES string of the molecule is COC(=O)CCCCCCC(=O)Nc1ccc(CBr)cc1. The van der Waals surface area contributed by atoms with E-state index in [1.165, 1.54) is 12.7 Å². The Morgan fingerprint density at radius 1 is 1.05 bits per heavy atom. The quantitative estimate of drug-likeness (QED) is 0.413. The van der Waals surface area contributed by atoms with E-state index in [9.17, 15) is 9.59 Å². The fourth-order valence-electron chi connectivity index (χ4n) is 1.91. The Morgan fingerprint density at radius 3 is 2.24 bits per heavy atom. The van der Waals surface area contributed by atoms with E-state index in [-0.39, 0.29) is 11.9 Å². The maximum Gasteiger partial charge on any atom is 0.305 e. The summed E-state index contributed by atoms with van der Waals surface area (Å²) in [7, 11) is 1.40. The second-order valence-corrected chi connectivity index (χ2v) is 5.43. The summed E-state index contributed by atoms with van der Waals surface area (Å²) in [6.45, 7) is 0. The van der Waals surface area contributed by atoms with Crippen LogP contribution in [-0.4, -0.2) is 19.0 Å². The molecule has 116 valence electrons. The first-order chi connectivity index (χ1) is 10.2.